The number of aliphatic carboxylic acids is 1. The molecule has 1 aromatic carbocycles. The van der Waals surface area contributed by atoms with Crippen molar-refractivity contribution in [2.45, 2.75) is 24.1 Å². The van der Waals surface area contributed by atoms with Crippen molar-refractivity contribution in [3.05, 3.63) is 29.8 Å². The van der Waals surface area contributed by atoms with Gasteiger partial charge in [-0.1, -0.05) is 12.1 Å². The Hall–Kier alpha value is -2.46. The van der Waals surface area contributed by atoms with E-state index in [0.717, 1.165) is 0 Å². The van der Waals surface area contributed by atoms with Crippen LogP contribution in [0.25, 0.3) is 0 Å². The molecule has 23 heavy (non-hydrogen) atoms. The van der Waals surface area contributed by atoms with E-state index in [2.05, 4.69) is 0 Å². The van der Waals surface area contributed by atoms with Gasteiger partial charge in [-0.25, -0.2) is 4.79 Å². The zero-order chi connectivity index (χ0) is 17.4. The highest BCUT2D eigenvalue weighted by Crippen LogP contribution is 2.24. The van der Waals surface area contributed by atoms with Gasteiger partial charge in [0.05, 0.1) is 6.42 Å². The number of nitrogens with zero attached hydrogens (tertiary/aromatic N) is 1. The first kappa shape index (κ1) is 16.9. The average molecular weight is 343 g/mol. The van der Waals surface area contributed by atoms with Crippen LogP contribution in [-0.2, 0) is 30.9 Å². The summed E-state index contributed by atoms with van der Waals surface area (Å²) in [6.45, 7) is 0. The highest BCUT2D eigenvalue weighted by atomic mass is 32.2. The summed E-state index contributed by atoms with van der Waals surface area (Å²) in [6.07, 6.45) is -1.05. The molecule has 2 unspecified atom stereocenters. The Morgan fingerprint density at radius 1 is 1.26 bits per heavy atom. The molecule has 1 fully saturated rings. The van der Waals surface area contributed by atoms with Gasteiger partial charge >= 0.3 is 5.97 Å². The minimum atomic E-state index is -4.79. The van der Waals surface area contributed by atoms with Gasteiger partial charge in [-0.3, -0.25) is 19.0 Å². The number of carboxylic acid groups (broad SMARTS) is 1. The van der Waals surface area contributed by atoms with Crippen molar-refractivity contribution < 1.29 is 37.6 Å². The van der Waals surface area contributed by atoms with E-state index in [4.69, 9.17) is 4.55 Å². The molecule has 0 aliphatic carbocycles. The van der Waals surface area contributed by atoms with Crippen molar-refractivity contribution in [2.75, 3.05) is 0 Å². The molecule has 3 N–H and O–H groups in total. The van der Waals surface area contributed by atoms with Crippen LogP contribution in [0.4, 0.5) is 0 Å². The van der Waals surface area contributed by atoms with E-state index in [1.165, 1.54) is 24.3 Å². The monoisotopic (exact) mass is 343 g/mol. The second-order valence-corrected chi connectivity index (χ2v) is 6.63. The summed E-state index contributed by atoms with van der Waals surface area (Å²) in [5, 5.41) is 16.5. The van der Waals surface area contributed by atoms with Crippen molar-refractivity contribution in [3.8, 4) is 5.75 Å². The Bertz CT molecular complexity index is 755. The van der Waals surface area contributed by atoms with Gasteiger partial charge < -0.3 is 10.2 Å². The minimum Gasteiger partial charge on any atom is -0.508 e. The maximum absolute atomic E-state index is 12.0. The van der Waals surface area contributed by atoms with Crippen LogP contribution in [0.2, 0.25) is 0 Å². The number of benzene rings is 1. The van der Waals surface area contributed by atoms with Crippen molar-refractivity contribution >= 4 is 27.9 Å². The molecule has 1 saturated heterocycles. The van der Waals surface area contributed by atoms with E-state index >= 15 is 0 Å². The van der Waals surface area contributed by atoms with Gasteiger partial charge in [0, 0.05) is 6.42 Å². The van der Waals surface area contributed by atoms with Gasteiger partial charge in [-0.05, 0) is 17.7 Å². The second-order valence-electron chi connectivity index (χ2n) is 5.03. The third-order valence-corrected chi connectivity index (χ3v) is 4.55. The van der Waals surface area contributed by atoms with Crippen LogP contribution in [0, 0.1) is 0 Å². The van der Waals surface area contributed by atoms with Crippen molar-refractivity contribution in [1.82, 2.24) is 4.90 Å². The number of amides is 2. The number of carbonyl (C=O) groups excluding carboxylic acids is 2. The summed E-state index contributed by atoms with van der Waals surface area (Å²) in [5.74, 6) is -3.77. The fourth-order valence-corrected chi connectivity index (χ4v) is 3.05. The summed E-state index contributed by atoms with van der Waals surface area (Å²) < 4.78 is 31.2. The van der Waals surface area contributed by atoms with E-state index in [1.807, 2.05) is 0 Å². The molecule has 2 rings (SSSR count). The van der Waals surface area contributed by atoms with E-state index in [-0.39, 0.29) is 12.2 Å². The van der Waals surface area contributed by atoms with Crippen LogP contribution in [0.3, 0.4) is 0 Å². The molecule has 0 saturated carbocycles. The van der Waals surface area contributed by atoms with Crippen molar-refractivity contribution in [3.63, 3.8) is 0 Å². The Labute approximate surface area is 130 Å². The topological polar surface area (TPSA) is 149 Å². The SMILES string of the molecule is O=C(O)C(Cc1ccc(O)cc1)N1C(=O)CC(S(=O)(=O)O)C1=O. The molecule has 1 aliphatic rings. The molecule has 124 valence electrons. The van der Waals surface area contributed by atoms with Crippen LogP contribution in [0.5, 0.6) is 5.75 Å². The zero-order valence-corrected chi connectivity index (χ0v) is 12.4. The molecule has 10 heteroatoms. The van der Waals surface area contributed by atoms with Crippen molar-refractivity contribution in [1.29, 1.82) is 0 Å². The molecule has 1 aliphatic heterocycles. The van der Waals surface area contributed by atoms with Crippen LogP contribution < -0.4 is 0 Å². The maximum atomic E-state index is 12.0. The summed E-state index contributed by atoms with van der Waals surface area (Å²) in [5.41, 5.74) is 0.422. The number of imide groups is 1. The zero-order valence-electron chi connectivity index (χ0n) is 11.6. The predicted molar refractivity (Wildman–Crippen MR) is 75.0 cm³/mol. The molecule has 2 atom stereocenters. The number of hydrogen-bond acceptors (Lipinski definition) is 6. The fraction of sp³-hybridized carbons (Fsp3) is 0.308. The van der Waals surface area contributed by atoms with Gasteiger partial charge in [0.1, 0.15) is 11.8 Å². The lowest BCUT2D eigenvalue weighted by Gasteiger charge is -2.22. The first-order chi connectivity index (χ1) is 10.6. The van der Waals surface area contributed by atoms with E-state index in [1.54, 1.807) is 0 Å². The molecule has 9 nitrogen and oxygen atoms in total. The molecule has 0 aromatic heterocycles. The van der Waals surface area contributed by atoms with Gasteiger partial charge in [0.25, 0.3) is 16.0 Å². The smallest absolute Gasteiger partial charge is 0.327 e. The summed E-state index contributed by atoms with van der Waals surface area (Å²) in [4.78, 5) is 35.6. The number of carbonyl (C=O) groups is 3. The lowest BCUT2D eigenvalue weighted by Crippen LogP contribution is -2.47. The van der Waals surface area contributed by atoms with E-state index in [0.29, 0.717) is 10.5 Å². The van der Waals surface area contributed by atoms with Gasteiger partial charge in [-0.2, -0.15) is 8.42 Å². The number of rotatable bonds is 5. The molecule has 2 amide bonds. The molecule has 0 bridgehead atoms. The number of carboxylic acids is 1. The normalized spacial score (nSPS) is 19.9. The molecule has 0 spiro atoms. The lowest BCUT2D eigenvalue weighted by molar-refractivity contribution is -0.154. The number of phenolic OH excluding ortho intramolecular Hbond substituents is 1. The number of phenols is 1. The summed E-state index contributed by atoms with van der Waals surface area (Å²) >= 11 is 0. The van der Waals surface area contributed by atoms with Crippen LogP contribution >= 0.6 is 0 Å². The Morgan fingerprint density at radius 3 is 2.26 bits per heavy atom. The molecular weight excluding hydrogens is 330 g/mol. The quantitative estimate of drug-likeness (QED) is 0.474. The lowest BCUT2D eigenvalue weighted by atomic mass is 10.0. The van der Waals surface area contributed by atoms with Crippen molar-refractivity contribution in [2.24, 2.45) is 0 Å². The van der Waals surface area contributed by atoms with Crippen LogP contribution in [-0.4, -0.2) is 57.2 Å². The number of likely N-dealkylation sites (tertiary alicyclic amines) is 1. The van der Waals surface area contributed by atoms with Gasteiger partial charge in [0.2, 0.25) is 5.91 Å². The summed E-state index contributed by atoms with van der Waals surface area (Å²) in [7, 11) is -4.79. The minimum absolute atomic E-state index is 0.0413. The molecule has 1 heterocycles. The third kappa shape index (κ3) is 3.48. The van der Waals surface area contributed by atoms with Gasteiger partial charge in [-0.15, -0.1) is 0 Å². The number of aromatic hydroxyl groups is 1. The second kappa shape index (κ2) is 5.97. The van der Waals surface area contributed by atoms with Crippen LogP contribution in [0.1, 0.15) is 12.0 Å². The highest BCUT2D eigenvalue weighted by molar-refractivity contribution is 7.87. The molecule has 0 radical (unpaired) electrons. The Balaban J connectivity index is 2.31. The molecule has 1 aromatic rings. The Kier molecular flexibility index (Phi) is 4.39. The Morgan fingerprint density at radius 2 is 1.83 bits per heavy atom. The first-order valence-corrected chi connectivity index (χ1v) is 7.94. The fourth-order valence-electron chi connectivity index (χ4n) is 2.33. The summed E-state index contributed by atoms with van der Waals surface area (Å²) in [6, 6.07) is 3.84. The van der Waals surface area contributed by atoms with E-state index < -0.39 is 45.6 Å². The standard InChI is InChI=1S/C13H13NO8S/c15-8-3-1-7(2-4-8)5-9(13(18)19)14-11(16)6-10(12(14)17)23(20,21)22/h1-4,9-10,15H,5-6H2,(H,18,19)(H,20,21,22). The predicted octanol–water partition coefficient (Wildman–Crippen LogP) is -0.597. The maximum Gasteiger partial charge on any atom is 0.327 e. The third-order valence-electron chi connectivity index (χ3n) is 3.46. The van der Waals surface area contributed by atoms with Gasteiger partial charge in [0.15, 0.2) is 5.25 Å². The number of hydrogen-bond donors (Lipinski definition) is 3. The molecular formula is C13H13NO8S. The van der Waals surface area contributed by atoms with Crippen LogP contribution in [0.15, 0.2) is 24.3 Å². The largest absolute Gasteiger partial charge is 0.508 e. The first-order valence-electron chi connectivity index (χ1n) is 6.44. The van der Waals surface area contributed by atoms with E-state index in [9.17, 15) is 33.0 Å². The average Bonchev–Trinajstić information content (AvgIpc) is 2.73. The highest BCUT2D eigenvalue weighted by Gasteiger charge is 2.50.